The molecule has 5 rings (SSSR count). The number of hydrogen-bond acceptors (Lipinski definition) is 8. The fraction of sp³-hybridized carbons (Fsp3) is 0.310. The number of carboxylic acid groups (broad SMARTS) is 1. The summed E-state index contributed by atoms with van der Waals surface area (Å²) in [5.74, 6) is -3.67. The van der Waals surface area contributed by atoms with E-state index < -0.39 is 59.4 Å². The Kier molecular flexibility index (Phi) is 8.42. The minimum Gasteiger partial charge on any atom is -0.480 e. The maximum absolute atomic E-state index is 15.2. The molecular weight excluding hydrogens is 604 g/mol. The number of fused-ring (bicyclic) bond motifs is 1. The minimum atomic E-state index is -4.64. The summed E-state index contributed by atoms with van der Waals surface area (Å²) in [7, 11) is 1.47. The van der Waals surface area contributed by atoms with Gasteiger partial charge < -0.3 is 20.1 Å². The highest BCUT2D eigenvalue weighted by atomic mass is 19.4. The van der Waals surface area contributed by atoms with E-state index in [0.29, 0.717) is 11.1 Å². The second-order valence-corrected chi connectivity index (χ2v) is 10.4. The van der Waals surface area contributed by atoms with E-state index >= 15 is 4.39 Å². The van der Waals surface area contributed by atoms with Crippen LogP contribution in [0.15, 0.2) is 58.5 Å². The molecule has 1 saturated heterocycles. The fourth-order valence-corrected chi connectivity index (χ4v) is 5.20. The van der Waals surface area contributed by atoms with Crippen molar-refractivity contribution < 1.29 is 37.0 Å². The lowest BCUT2D eigenvalue weighted by atomic mass is 10.0. The number of carbonyl (C=O) groups is 2. The van der Waals surface area contributed by atoms with E-state index in [9.17, 15) is 37.5 Å². The number of aryl methyl sites for hydroxylation is 2. The third kappa shape index (κ3) is 6.13. The van der Waals surface area contributed by atoms with Crippen molar-refractivity contribution in [3.63, 3.8) is 0 Å². The van der Waals surface area contributed by atoms with Gasteiger partial charge >= 0.3 is 17.8 Å². The Morgan fingerprint density at radius 2 is 1.93 bits per heavy atom. The molecule has 1 amide bonds. The van der Waals surface area contributed by atoms with Gasteiger partial charge in [0.25, 0.3) is 11.5 Å². The Morgan fingerprint density at radius 3 is 2.58 bits per heavy atom. The highest BCUT2D eigenvalue weighted by Crippen LogP contribution is 2.33. The van der Waals surface area contributed by atoms with Gasteiger partial charge in [-0.2, -0.15) is 13.2 Å². The maximum Gasteiger partial charge on any atom is 0.411 e. The third-order valence-corrected chi connectivity index (χ3v) is 7.49. The highest BCUT2D eigenvalue weighted by Gasteiger charge is 2.45. The predicted molar refractivity (Wildman–Crippen MR) is 152 cm³/mol. The molecule has 45 heavy (non-hydrogen) atoms. The number of rotatable bonds is 7. The molecule has 3 aromatic heterocycles. The number of morpholine rings is 1. The Balaban J connectivity index is 1.36. The van der Waals surface area contributed by atoms with Gasteiger partial charge in [0.05, 0.1) is 35.9 Å². The van der Waals surface area contributed by atoms with Crippen molar-refractivity contribution in [2.24, 2.45) is 7.05 Å². The Morgan fingerprint density at radius 1 is 1.18 bits per heavy atom. The minimum absolute atomic E-state index is 0.00101. The Bertz CT molecular complexity index is 1880. The Labute approximate surface area is 251 Å². The predicted octanol–water partition coefficient (Wildman–Crippen LogP) is 2.12. The molecule has 16 heteroatoms. The molecule has 4 heterocycles. The topological polar surface area (TPSA) is 149 Å². The smallest absolute Gasteiger partial charge is 0.411 e. The summed E-state index contributed by atoms with van der Waals surface area (Å²) in [6.07, 6.45) is -0.912. The molecule has 0 radical (unpaired) electrons. The van der Waals surface area contributed by atoms with Gasteiger partial charge in [-0.15, -0.1) is 0 Å². The van der Waals surface area contributed by atoms with Crippen molar-refractivity contribution in [3.8, 4) is 5.82 Å². The van der Waals surface area contributed by atoms with Gasteiger partial charge in [0.1, 0.15) is 23.7 Å². The van der Waals surface area contributed by atoms with Crippen molar-refractivity contribution in [2.45, 2.75) is 31.6 Å². The zero-order chi connectivity index (χ0) is 32.6. The van der Waals surface area contributed by atoms with E-state index in [2.05, 4.69) is 15.3 Å². The van der Waals surface area contributed by atoms with E-state index in [1.807, 2.05) is 0 Å². The normalized spacial score (nSPS) is 16.0. The highest BCUT2D eigenvalue weighted by molar-refractivity contribution is 5.98. The van der Waals surface area contributed by atoms with Gasteiger partial charge in [-0.3, -0.25) is 19.1 Å². The average molecular weight is 631 g/mol. The molecule has 1 fully saturated rings. The van der Waals surface area contributed by atoms with Crippen LogP contribution in [0.25, 0.3) is 16.7 Å². The molecule has 2 unspecified atom stereocenters. The molecule has 1 aromatic carbocycles. The molecule has 4 aromatic rings. The SMILES string of the molecule is Cc1cc(N2CCOCC2C(F)(F)F)cc(F)c1C(=O)NC(Cc1ccc(-n2c(=O)c3ccncc3n(C)c2=O)nc1)C(=O)O. The summed E-state index contributed by atoms with van der Waals surface area (Å²) in [5, 5.41) is 12.3. The van der Waals surface area contributed by atoms with Gasteiger partial charge in [-0.05, 0) is 42.3 Å². The molecular formula is C29H26F4N6O6. The van der Waals surface area contributed by atoms with E-state index in [4.69, 9.17) is 4.74 Å². The fourth-order valence-electron chi connectivity index (χ4n) is 5.20. The molecule has 1 aliphatic rings. The maximum atomic E-state index is 15.2. The van der Waals surface area contributed by atoms with Gasteiger partial charge in [0.15, 0.2) is 0 Å². The van der Waals surface area contributed by atoms with Crippen LogP contribution in [0.4, 0.5) is 23.2 Å². The first-order chi connectivity index (χ1) is 21.3. The van der Waals surface area contributed by atoms with Gasteiger partial charge in [0, 0.05) is 38.1 Å². The van der Waals surface area contributed by atoms with Crippen molar-refractivity contribution in [2.75, 3.05) is 24.7 Å². The van der Waals surface area contributed by atoms with Gasteiger partial charge in [-0.1, -0.05) is 6.07 Å². The number of carboxylic acids is 1. The van der Waals surface area contributed by atoms with Crippen LogP contribution in [0.2, 0.25) is 0 Å². The van der Waals surface area contributed by atoms with Crippen LogP contribution in [0.5, 0.6) is 0 Å². The second-order valence-electron chi connectivity index (χ2n) is 10.4. The first kappa shape index (κ1) is 31.3. The largest absolute Gasteiger partial charge is 0.480 e. The van der Waals surface area contributed by atoms with E-state index in [1.165, 1.54) is 61.4 Å². The molecule has 12 nitrogen and oxygen atoms in total. The van der Waals surface area contributed by atoms with E-state index in [0.717, 1.165) is 15.5 Å². The number of benzene rings is 1. The number of hydrogen-bond donors (Lipinski definition) is 2. The Hall–Kier alpha value is -5.12. The molecule has 2 N–H and O–H groups in total. The molecule has 0 saturated carbocycles. The summed E-state index contributed by atoms with van der Waals surface area (Å²) in [5.41, 5.74) is -1.28. The van der Waals surface area contributed by atoms with Crippen molar-refractivity contribution in [1.29, 1.82) is 0 Å². The zero-order valence-corrected chi connectivity index (χ0v) is 23.8. The summed E-state index contributed by atoms with van der Waals surface area (Å²) < 4.78 is 62.8. The quantitative estimate of drug-likeness (QED) is 0.293. The van der Waals surface area contributed by atoms with Gasteiger partial charge in [-0.25, -0.2) is 23.5 Å². The number of carbonyl (C=O) groups excluding carboxylic acids is 1. The molecule has 0 aliphatic carbocycles. The lowest BCUT2D eigenvalue weighted by molar-refractivity contribution is -0.167. The summed E-state index contributed by atoms with van der Waals surface area (Å²) >= 11 is 0. The first-order valence-electron chi connectivity index (χ1n) is 13.5. The van der Waals surface area contributed by atoms with Crippen LogP contribution in [-0.4, -0.2) is 74.1 Å². The van der Waals surface area contributed by atoms with Crippen LogP contribution in [-0.2, 0) is 23.0 Å². The van der Waals surface area contributed by atoms with E-state index in [1.54, 1.807) is 0 Å². The molecule has 1 aliphatic heterocycles. The summed E-state index contributed by atoms with van der Waals surface area (Å²) in [4.78, 5) is 60.0. The van der Waals surface area contributed by atoms with Crippen molar-refractivity contribution in [3.05, 3.63) is 92.3 Å². The number of pyridine rings is 2. The average Bonchev–Trinajstić information content (AvgIpc) is 2.99. The first-order valence-corrected chi connectivity index (χ1v) is 13.5. The molecule has 0 spiro atoms. The van der Waals surface area contributed by atoms with Crippen LogP contribution < -0.4 is 21.5 Å². The van der Waals surface area contributed by atoms with E-state index in [-0.39, 0.29) is 42.0 Å². The lowest BCUT2D eigenvalue weighted by Crippen LogP contribution is -2.53. The lowest BCUT2D eigenvalue weighted by Gasteiger charge is -2.38. The van der Waals surface area contributed by atoms with Gasteiger partial charge in [0.2, 0.25) is 0 Å². The number of aliphatic carboxylic acids is 1. The van der Waals surface area contributed by atoms with Crippen molar-refractivity contribution in [1.82, 2.24) is 24.4 Å². The van der Waals surface area contributed by atoms with Crippen LogP contribution in [0.1, 0.15) is 21.5 Å². The monoisotopic (exact) mass is 630 g/mol. The third-order valence-electron chi connectivity index (χ3n) is 7.49. The number of nitrogens with zero attached hydrogens (tertiary/aromatic N) is 5. The summed E-state index contributed by atoms with van der Waals surface area (Å²) in [6, 6.07) is 2.71. The number of ether oxygens (including phenoxy) is 1. The molecule has 236 valence electrons. The zero-order valence-electron chi connectivity index (χ0n) is 23.8. The standard InChI is InChI=1S/C29H26F4N6O6/c1-15-9-17(38-7-8-45-14-22(38)29(31,32)33)11-19(30)24(15)25(40)36-20(27(42)43)10-16-3-4-23(35-12-16)39-26(41)18-5-6-34-13-21(18)37(2)28(39)44/h3-6,9,11-13,20,22H,7-8,10,14H2,1-2H3,(H,36,40)(H,42,43). The van der Waals surface area contributed by atoms with Crippen LogP contribution in [0.3, 0.4) is 0 Å². The molecule has 0 bridgehead atoms. The van der Waals surface area contributed by atoms with Crippen LogP contribution in [0, 0.1) is 12.7 Å². The number of amides is 1. The number of nitrogens with one attached hydrogen (secondary N) is 1. The number of alkyl halides is 3. The second kappa shape index (κ2) is 12.1. The van der Waals surface area contributed by atoms with Crippen LogP contribution >= 0.6 is 0 Å². The molecule has 2 atom stereocenters. The van der Waals surface area contributed by atoms with Crippen molar-refractivity contribution >= 4 is 28.5 Å². The number of anilines is 1. The summed E-state index contributed by atoms with van der Waals surface area (Å²) in [6.45, 7) is 0.553. The number of aromatic nitrogens is 4. The number of halogens is 4.